The van der Waals surface area contributed by atoms with Gasteiger partial charge in [-0.25, -0.2) is 9.97 Å². The molecule has 1 fully saturated rings. The van der Waals surface area contributed by atoms with Crippen LogP contribution < -0.4 is 5.32 Å². The SMILES string of the molecule is Cc1nc(NC(=O)C2(c3cccc(Br)c3)CC2)sc1-c1nccn1C. The number of halogens is 1. The molecule has 1 aliphatic rings. The number of carbonyl (C=O) groups excluding carboxylic acids is 1. The molecule has 1 N–H and O–H groups in total. The molecule has 128 valence electrons. The van der Waals surface area contributed by atoms with Gasteiger partial charge in [-0.05, 0) is 37.5 Å². The highest BCUT2D eigenvalue weighted by atomic mass is 79.9. The van der Waals surface area contributed by atoms with E-state index in [1.165, 1.54) is 11.3 Å². The van der Waals surface area contributed by atoms with E-state index in [4.69, 9.17) is 0 Å². The predicted octanol–water partition coefficient (Wildman–Crippen LogP) is 4.28. The van der Waals surface area contributed by atoms with Gasteiger partial charge >= 0.3 is 0 Å². The summed E-state index contributed by atoms with van der Waals surface area (Å²) >= 11 is 4.96. The van der Waals surface area contributed by atoms with Gasteiger partial charge in [0.1, 0.15) is 0 Å². The van der Waals surface area contributed by atoms with E-state index in [1.807, 2.05) is 49.0 Å². The van der Waals surface area contributed by atoms with Crippen LogP contribution in [0.3, 0.4) is 0 Å². The fourth-order valence-electron chi connectivity index (χ4n) is 3.02. The molecule has 1 aliphatic carbocycles. The molecule has 0 atom stereocenters. The zero-order chi connectivity index (χ0) is 17.6. The number of benzene rings is 1. The number of aromatic nitrogens is 3. The number of nitrogens with zero attached hydrogens (tertiary/aromatic N) is 3. The Bertz CT molecular complexity index is 958. The van der Waals surface area contributed by atoms with E-state index in [9.17, 15) is 4.79 Å². The van der Waals surface area contributed by atoms with Gasteiger partial charge in [0.15, 0.2) is 11.0 Å². The van der Waals surface area contributed by atoms with Crippen LogP contribution in [0.1, 0.15) is 24.1 Å². The van der Waals surface area contributed by atoms with Crippen LogP contribution in [0.4, 0.5) is 5.13 Å². The summed E-state index contributed by atoms with van der Waals surface area (Å²) in [5.41, 5.74) is 1.51. The van der Waals surface area contributed by atoms with E-state index in [0.29, 0.717) is 5.13 Å². The van der Waals surface area contributed by atoms with Crippen LogP contribution in [0.15, 0.2) is 41.1 Å². The number of amides is 1. The van der Waals surface area contributed by atoms with Crippen molar-refractivity contribution in [3.63, 3.8) is 0 Å². The van der Waals surface area contributed by atoms with Crippen molar-refractivity contribution >= 4 is 38.3 Å². The van der Waals surface area contributed by atoms with Crippen LogP contribution >= 0.6 is 27.3 Å². The molecule has 0 unspecified atom stereocenters. The summed E-state index contributed by atoms with van der Waals surface area (Å²) < 4.78 is 2.95. The highest BCUT2D eigenvalue weighted by Gasteiger charge is 2.51. The van der Waals surface area contributed by atoms with E-state index in [0.717, 1.165) is 39.3 Å². The summed E-state index contributed by atoms with van der Waals surface area (Å²) in [5, 5.41) is 3.65. The third-order valence-electron chi connectivity index (χ3n) is 4.60. The first-order valence-electron chi connectivity index (χ1n) is 8.02. The molecule has 1 amide bonds. The van der Waals surface area contributed by atoms with Gasteiger partial charge in [0.05, 0.1) is 16.0 Å². The van der Waals surface area contributed by atoms with Crippen LogP contribution in [0.2, 0.25) is 0 Å². The Hall–Kier alpha value is -1.99. The van der Waals surface area contributed by atoms with E-state index >= 15 is 0 Å². The first-order chi connectivity index (χ1) is 12.0. The average molecular weight is 417 g/mol. The molecule has 0 saturated heterocycles. The van der Waals surface area contributed by atoms with Crippen LogP contribution in [0.25, 0.3) is 10.7 Å². The smallest absolute Gasteiger partial charge is 0.236 e. The molecule has 1 aromatic carbocycles. The summed E-state index contributed by atoms with van der Waals surface area (Å²) in [5.74, 6) is 0.884. The van der Waals surface area contributed by atoms with Crippen LogP contribution in [-0.4, -0.2) is 20.4 Å². The standard InChI is InChI=1S/C18H17BrN4OS/c1-11-14(15-20-8-9-23(15)2)25-17(21-11)22-16(24)18(6-7-18)12-4-3-5-13(19)10-12/h3-5,8-10H,6-7H2,1-2H3,(H,21,22,24). The highest BCUT2D eigenvalue weighted by Crippen LogP contribution is 2.49. The lowest BCUT2D eigenvalue weighted by Crippen LogP contribution is -2.27. The minimum absolute atomic E-state index is 0.0192. The zero-order valence-electron chi connectivity index (χ0n) is 13.9. The average Bonchev–Trinajstić information content (AvgIpc) is 3.18. The van der Waals surface area contributed by atoms with E-state index in [1.54, 1.807) is 6.20 Å². The summed E-state index contributed by atoms with van der Waals surface area (Å²) in [6.07, 6.45) is 5.40. The normalized spacial score (nSPS) is 15.2. The highest BCUT2D eigenvalue weighted by molar-refractivity contribution is 9.10. The van der Waals surface area contributed by atoms with Crippen molar-refractivity contribution in [2.45, 2.75) is 25.2 Å². The van der Waals surface area contributed by atoms with Gasteiger partial charge in [-0.15, -0.1) is 0 Å². The van der Waals surface area contributed by atoms with Crippen LogP contribution in [-0.2, 0) is 17.3 Å². The maximum Gasteiger partial charge on any atom is 0.236 e. The summed E-state index contributed by atoms with van der Waals surface area (Å²) in [6.45, 7) is 1.94. The van der Waals surface area contributed by atoms with Crippen molar-refractivity contribution in [2.75, 3.05) is 5.32 Å². The van der Waals surface area contributed by atoms with Gasteiger partial charge in [-0.3, -0.25) is 4.79 Å². The summed E-state index contributed by atoms with van der Waals surface area (Å²) in [4.78, 5) is 22.8. The second-order valence-electron chi connectivity index (χ2n) is 6.34. The maximum absolute atomic E-state index is 12.9. The Morgan fingerprint density at radius 2 is 2.20 bits per heavy atom. The Morgan fingerprint density at radius 1 is 1.40 bits per heavy atom. The number of nitrogens with one attached hydrogen (secondary N) is 1. The number of aryl methyl sites for hydroxylation is 2. The van der Waals surface area contributed by atoms with Crippen molar-refractivity contribution in [1.82, 2.24) is 14.5 Å². The Balaban J connectivity index is 1.59. The number of carbonyl (C=O) groups is 1. The molecular formula is C18H17BrN4OS. The predicted molar refractivity (Wildman–Crippen MR) is 103 cm³/mol. The monoisotopic (exact) mass is 416 g/mol. The van der Waals surface area contributed by atoms with Crippen molar-refractivity contribution < 1.29 is 4.79 Å². The number of thiazole rings is 1. The van der Waals surface area contributed by atoms with E-state index in [-0.39, 0.29) is 5.91 Å². The third kappa shape index (κ3) is 2.91. The third-order valence-corrected chi connectivity index (χ3v) is 6.17. The lowest BCUT2D eigenvalue weighted by atomic mass is 9.95. The quantitative estimate of drug-likeness (QED) is 0.689. The van der Waals surface area contributed by atoms with Gasteiger partial charge in [0.25, 0.3) is 0 Å². The fourth-order valence-corrected chi connectivity index (χ4v) is 4.42. The van der Waals surface area contributed by atoms with Crippen molar-refractivity contribution in [1.29, 1.82) is 0 Å². The van der Waals surface area contributed by atoms with Gasteiger partial charge in [0, 0.05) is 23.9 Å². The van der Waals surface area contributed by atoms with Gasteiger partial charge < -0.3 is 9.88 Å². The Kier molecular flexibility index (Phi) is 4.00. The molecule has 2 heterocycles. The van der Waals surface area contributed by atoms with Gasteiger partial charge in [-0.1, -0.05) is 39.4 Å². The molecule has 0 radical (unpaired) electrons. The van der Waals surface area contributed by atoms with Crippen LogP contribution in [0, 0.1) is 6.92 Å². The molecule has 2 aromatic heterocycles. The van der Waals surface area contributed by atoms with Gasteiger partial charge in [0.2, 0.25) is 5.91 Å². The van der Waals surface area contributed by atoms with Crippen molar-refractivity contribution in [3.8, 4) is 10.7 Å². The minimum Gasteiger partial charge on any atom is -0.333 e. The summed E-state index contributed by atoms with van der Waals surface area (Å²) in [7, 11) is 1.95. The molecule has 0 bridgehead atoms. The lowest BCUT2D eigenvalue weighted by molar-refractivity contribution is -0.118. The topological polar surface area (TPSA) is 59.8 Å². The molecule has 4 rings (SSSR count). The lowest BCUT2D eigenvalue weighted by Gasteiger charge is -2.14. The zero-order valence-corrected chi connectivity index (χ0v) is 16.3. The number of hydrogen-bond donors (Lipinski definition) is 1. The van der Waals surface area contributed by atoms with Crippen molar-refractivity contribution in [3.05, 3.63) is 52.4 Å². The molecular weight excluding hydrogens is 400 g/mol. The second kappa shape index (κ2) is 6.07. The maximum atomic E-state index is 12.9. The second-order valence-corrected chi connectivity index (χ2v) is 8.26. The molecule has 7 heteroatoms. The Labute approximate surface area is 158 Å². The number of hydrogen-bond acceptors (Lipinski definition) is 4. The van der Waals surface area contributed by atoms with E-state index < -0.39 is 5.41 Å². The summed E-state index contributed by atoms with van der Waals surface area (Å²) in [6, 6.07) is 7.99. The molecule has 5 nitrogen and oxygen atoms in total. The van der Waals surface area contributed by atoms with Crippen LogP contribution in [0.5, 0.6) is 0 Å². The fraction of sp³-hybridized carbons (Fsp3) is 0.278. The molecule has 25 heavy (non-hydrogen) atoms. The number of rotatable bonds is 4. The van der Waals surface area contributed by atoms with Crippen molar-refractivity contribution in [2.24, 2.45) is 7.05 Å². The number of anilines is 1. The first kappa shape index (κ1) is 16.5. The number of imidazole rings is 1. The first-order valence-corrected chi connectivity index (χ1v) is 9.63. The minimum atomic E-state index is -0.424. The molecule has 0 aliphatic heterocycles. The molecule has 3 aromatic rings. The van der Waals surface area contributed by atoms with E-state index in [2.05, 4.69) is 31.2 Å². The largest absolute Gasteiger partial charge is 0.333 e. The Morgan fingerprint density at radius 3 is 2.84 bits per heavy atom. The molecule has 1 saturated carbocycles. The molecule has 0 spiro atoms. The van der Waals surface area contributed by atoms with Gasteiger partial charge in [-0.2, -0.15) is 0 Å².